The predicted octanol–water partition coefficient (Wildman–Crippen LogP) is 3.57. The van der Waals surface area contributed by atoms with Crippen molar-refractivity contribution in [1.82, 2.24) is 0 Å². The van der Waals surface area contributed by atoms with Gasteiger partial charge in [0.1, 0.15) is 0 Å². The molecule has 0 aliphatic rings. The number of esters is 1. The molecule has 17 heavy (non-hydrogen) atoms. The summed E-state index contributed by atoms with van der Waals surface area (Å²) < 4.78 is 42.3. The van der Waals surface area contributed by atoms with E-state index in [1.165, 1.54) is 7.11 Å². The van der Waals surface area contributed by atoms with Gasteiger partial charge in [-0.25, -0.2) is 0 Å². The molecular formula is C11H10BrF3O2. The first-order chi connectivity index (χ1) is 7.82. The van der Waals surface area contributed by atoms with Gasteiger partial charge < -0.3 is 4.74 Å². The molecule has 0 heterocycles. The van der Waals surface area contributed by atoms with Gasteiger partial charge in [-0.2, -0.15) is 13.2 Å². The molecule has 0 N–H and O–H groups in total. The molecule has 2 nitrogen and oxygen atoms in total. The minimum Gasteiger partial charge on any atom is -0.469 e. The zero-order chi connectivity index (χ0) is 13.1. The molecule has 0 saturated heterocycles. The smallest absolute Gasteiger partial charge is 0.416 e. The standard InChI is InChI=1S/C11H10BrF3O2/c1-17-10(16)3-2-7-4-8(11(13,14)15)6-9(12)5-7/h4-6H,2-3H2,1H3. The molecule has 1 aromatic rings. The maximum Gasteiger partial charge on any atom is 0.416 e. The number of methoxy groups -OCH3 is 1. The molecule has 0 amide bonds. The Morgan fingerprint density at radius 2 is 2.00 bits per heavy atom. The first-order valence-corrected chi connectivity index (χ1v) is 5.55. The van der Waals surface area contributed by atoms with Crippen molar-refractivity contribution in [1.29, 1.82) is 0 Å². The third-order valence-corrected chi connectivity index (χ3v) is 2.59. The van der Waals surface area contributed by atoms with Gasteiger partial charge in [-0.1, -0.05) is 15.9 Å². The van der Waals surface area contributed by atoms with Gasteiger partial charge in [0.2, 0.25) is 0 Å². The van der Waals surface area contributed by atoms with Crippen LogP contribution in [0, 0.1) is 0 Å². The summed E-state index contributed by atoms with van der Waals surface area (Å²) >= 11 is 3.01. The highest BCUT2D eigenvalue weighted by Gasteiger charge is 2.30. The topological polar surface area (TPSA) is 26.3 Å². The molecule has 94 valence electrons. The SMILES string of the molecule is COC(=O)CCc1cc(Br)cc(C(F)(F)F)c1. The molecule has 1 aromatic carbocycles. The van der Waals surface area contributed by atoms with Gasteiger partial charge in [-0.15, -0.1) is 0 Å². The van der Waals surface area contributed by atoms with Gasteiger partial charge in [-0.3, -0.25) is 4.79 Å². The second kappa shape index (κ2) is 5.53. The van der Waals surface area contributed by atoms with E-state index in [1.54, 1.807) is 6.07 Å². The first-order valence-electron chi connectivity index (χ1n) is 4.76. The summed E-state index contributed by atoms with van der Waals surface area (Å²) in [6.07, 6.45) is -4.11. The summed E-state index contributed by atoms with van der Waals surface area (Å²) in [6.45, 7) is 0. The largest absolute Gasteiger partial charge is 0.469 e. The Labute approximate surface area is 105 Å². The van der Waals surface area contributed by atoms with Crippen LogP contribution in [0.1, 0.15) is 17.5 Å². The van der Waals surface area contributed by atoms with E-state index in [4.69, 9.17) is 0 Å². The molecule has 0 unspecified atom stereocenters. The number of halogens is 4. The number of carbonyl (C=O) groups is 1. The van der Waals surface area contributed by atoms with Crippen molar-refractivity contribution in [3.63, 3.8) is 0 Å². The van der Waals surface area contributed by atoms with Gasteiger partial charge in [0.25, 0.3) is 0 Å². The highest BCUT2D eigenvalue weighted by atomic mass is 79.9. The summed E-state index contributed by atoms with van der Waals surface area (Å²) in [4.78, 5) is 10.9. The van der Waals surface area contributed by atoms with E-state index in [1.807, 2.05) is 0 Å². The van der Waals surface area contributed by atoms with E-state index in [0.717, 1.165) is 12.1 Å². The van der Waals surface area contributed by atoms with Crippen LogP contribution in [0.2, 0.25) is 0 Å². The maximum absolute atomic E-state index is 12.5. The van der Waals surface area contributed by atoms with E-state index in [0.29, 0.717) is 10.0 Å². The van der Waals surface area contributed by atoms with Crippen LogP contribution in [0.3, 0.4) is 0 Å². The molecule has 0 atom stereocenters. The molecule has 0 aromatic heterocycles. The summed E-state index contributed by atoms with van der Waals surface area (Å²) in [5, 5.41) is 0. The molecule has 0 spiro atoms. The molecular weight excluding hydrogens is 301 g/mol. The van der Waals surface area contributed by atoms with Crippen molar-refractivity contribution in [3.8, 4) is 0 Å². The van der Waals surface area contributed by atoms with Crippen molar-refractivity contribution in [3.05, 3.63) is 33.8 Å². The van der Waals surface area contributed by atoms with Gasteiger partial charge >= 0.3 is 12.1 Å². The lowest BCUT2D eigenvalue weighted by Gasteiger charge is -2.09. The molecule has 0 bridgehead atoms. The molecule has 6 heteroatoms. The number of hydrogen-bond acceptors (Lipinski definition) is 2. The van der Waals surface area contributed by atoms with Gasteiger partial charge in [-0.05, 0) is 30.2 Å². The third kappa shape index (κ3) is 4.38. The molecule has 1 rings (SSSR count). The van der Waals surface area contributed by atoms with Gasteiger partial charge in [0.05, 0.1) is 12.7 Å². The predicted molar refractivity (Wildman–Crippen MR) is 59.5 cm³/mol. The zero-order valence-corrected chi connectivity index (χ0v) is 10.6. The number of benzene rings is 1. The number of aryl methyl sites for hydroxylation is 1. The Morgan fingerprint density at radius 1 is 1.35 bits per heavy atom. The van der Waals surface area contributed by atoms with Crippen LogP contribution in [0.5, 0.6) is 0 Å². The van der Waals surface area contributed by atoms with Crippen molar-refractivity contribution in [2.75, 3.05) is 7.11 Å². The highest BCUT2D eigenvalue weighted by molar-refractivity contribution is 9.10. The number of alkyl halides is 3. The minimum atomic E-state index is -4.39. The lowest BCUT2D eigenvalue weighted by molar-refractivity contribution is -0.140. The Kier molecular flexibility index (Phi) is 4.56. The molecule has 0 aliphatic carbocycles. The fourth-order valence-corrected chi connectivity index (χ4v) is 1.85. The van der Waals surface area contributed by atoms with Crippen LogP contribution in [-0.2, 0) is 22.1 Å². The minimum absolute atomic E-state index is 0.0598. The van der Waals surface area contributed by atoms with Crippen molar-refractivity contribution < 1.29 is 22.7 Å². The van der Waals surface area contributed by atoms with Gasteiger partial charge in [0, 0.05) is 10.9 Å². The zero-order valence-electron chi connectivity index (χ0n) is 8.97. The number of carbonyl (C=O) groups excluding carboxylic acids is 1. The lowest BCUT2D eigenvalue weighted by Crippen LogP contribution is -2.07. The summed E-state index contributed by atoms with van der Waals surface area (Å²) in [7, 11) is 1.24. The van der Waals surface area contributed by atoms with E-state index in [2.05, 4.69) is 20.7 Å². The first kappa shape index (κ1) is 14.0. The summed E-state index contributed by atoms with van der Waals surface area (Å²) in [5.41, 5.74) is -0.288. The number of ether oxygens (including phenoxy) is 1. The normalized spacial score (nSPS) is 11.4. The van der Waals surface area contributed by atoms with E-state index in [-0.39, 0.29) is 12.8 Å². The molecule has 0 saturated carbocycles. The molecule has 0 fully saturated rings. The molecule has 0 aliphatic heterocycles. The number of hydrogen-bond donors (Lipinski definition) is 0. The Bertz CT molecular complexity index is 416. The van der Waals surface area contributed by atoms with Crippen LogP contribution in [0.4, 0.5) is 13.2 Å². The molecule has 0 radical (unpaired) electrons. The van der Waals surface area contributed by atoms with Crippen LogP contribution in [0.25, 0.3) is 0 Å². The number of rotatable bonds is 3. The highest BCUT2D eigenvalue weighted by Crippen LogP contribution is 2.32. The van der Waals surface area contributed by atoms with Crippen LogP contribution >= 0.6 is 15.9 Å². The average Bonchev–Trinajstić information content (AvgIpc) is 2.24. The van der Waals surface area contributed by atoms with E-state index >= 15 is 0 Å². The second-order valence-electron chi connectivity index (χ2n) is 3.42. The average molecular weight is 311 g/mol. The fourth-order valence-electron chi connectivity index (χ4n) is 1.31. The quantitative estimate of drug-likeness (QED) is 0.798. The third-order valence-electron chi connectivity index (χ3n) is 2.13. The lowest BCUT2D eigenvalue weighted by atomic mass is 10.1. The van der Waals surface area contributed by atoms with Crippen LogP contribution in [-0.4, -0.2) is 13.1 Å². The van der Waals surface area contributed by atoms with Crippen LogP contribution < -0.4 is 0 Å². The Hall–Kier alpha value is -1.04. The fraction of sp³-hybridized carbons (Fsp3) is 0.364. The monoisotopic (exact) mass is 310 g/mol. The summed E-state index contributed by atoms with van der Waals surface area (Å²) in [5.74, 6) is -0.446. The summed E-state index contributed by atoms with van der Waals surface area (Å²) in [6, 6.07) is 3.59. The maximum atomic E-state index is 12.5. The van der Waals surface area contributed by atoms with E-state index < -0.39 is 17.7 Å². The Balaban J connectivity index is 2.87. The van der Waals surface area contributed by atoms with Crippen LogP contribution in [0.15, 0.2) is 22.7 Å². The Morgan fingerprint density at radius 3 is 2.53 bits per heavy atom. The second-order valence-corrected chi connectivity index (χ2v) is 4.34. The van der Waals surface area contributed by atoms with Crippen molar-refractivity contribution in [2.24, 2.45) is 0 Å². The van der Waals surface area contributed by atoms with Crippen molar-refractivity contribution >= 4 is 21.9 Å². The van der Waals surface area contributed by atoms with E-state index in [9.17, 15) is 18.0 Å². The van der Waals surface area contributed by atoms with Crippen molar-refractivity contribution in [2.45, 2.75) is 19.0 Å². The van der Waals surface area contributed by atoms with Gasteiger partial charge in [0.15, 0.2) is 0 Å².